The molecule has 1 aliphatic heterocycles. The lowest BCUT2D eigenvalue weighted by molar-refractivity contribution is -0.131. The Hall–Kier alpha value is -2.65. The number of thiophene rings is 1. The van der Waals surface area contributed by atoms with E-state index in [0.29, 0.717) is 11.1 Å². The molecule has 0 spiro atoms. The summed E-state index contributed by atoms with van der Waals surface area (Å²) in [5.74, 6) is -0.371. The zero-order chi connectivity index (χ0) is 16.9. The zero-order valence-electron chi connectivity index (χ0n) is 13.1. The predicted molar refractivity (Wildman–Crippen MR) is 91.5 cm³/mol. The first-order valence-corrected chi connectivity index (χ1v) is 8.73. The van der Waals surface area contributed by atoms with Gasteiger partial charge in [-0.2, -0.15) is 16.6 Å². The van der Waals surface area contributed by atoms with Crippen LogP contribution in [-0.2, 0) is 4.79 Å². The van der Waals surface area contributed by atoms with Crippen LogP contribution in [0, 0.1) is 11.3 Å². The third-order valence-electron chi connectivity index (χ3n) is 4.18. The van der Waals surface area contributed by atoms with Crippen molar-refractivity contribution < 1.29 is 9.59 Å². The lowest BCUT2D eigenvalue weighted by Gasteiger charge is -2.24. The number of amides is 2. The standard InChI is InChI=1S/C18H17N3O2S/c19-10-13-3-5-14(6-4-13)18(23)20-11-17(22)21-8-1-2-16(21)15-7-9-24-12-15/h3-7,9,12,16H,1-2,8,11H2,(H,20,23)/t16-/m1/s1. The van der Waals surface area contributed by atoms with Gasteiger partial charge in [-0.25, -0.2) is 0 Å². The number of nitriles is 1. The van der Waals surface area contributed by atoms with Crippen LogP contribution in [0.5, 0.6) is 0 Å². The Morgan fingerprint density at radius 2 is 2.08 bits per heavy atom. The molecule has 2 amide bonds. The Bertz CT molecular complexity index is 763. The van der Waals surface area contributed by atoms with Crippen molar-refractivity contribution >= 4 is 23.2 Å². The first kappa shape index (κ1) is 16.2. The maximum Gasteiger partial charge on any atom is 0.251 e. The molecule has 1 aliphatic rings. The Balaban J connectivity index is 1.58. The Labute approximate surface area is 144 Å². The number of rotatable bonds is 4. The van der Waals surface area contributed by atoms with Crippen LogP contribution in [0.3, 0.4) is 0 Å². The number of nitrogens with one attached hydrogen (secondary N) is 1. The minimum absolute atomic E-state index is 0.0144. The van der Waals surface area contributed by atoms with Crippen molar-refractivity contribution in [2.24, 2.45) is 0 Å². The van der Waals surface area contributed by atoms with Gasteiger partial charge in [-0.1, -0.05) is 0 Å². The van der Waals surface area contributed by atoms with Gasteiger partial charge in [0.25, 0.3) is 5.91 Å². The molecule has 122 valence electrons. The van der Waals surface area contributed by atoms with Gasteiger partial charge in [-0.15, -0.1) is 0 Å². The van der Waals surface area contributed by atoms with Gasteiger partial charge in [0, 0.05) is 12.1 Å². The summed E-state index contributed by atoms with van der Waals surface area (Å²) in [6, 6.07) is 10.5. The summed E-state index contributed by atoms with van der Waals surface area (Å²) in [6.45, 7) is 0.714. The molecule has 1 saturated heterocycles. The molecular formula is C18H17N3O2S. The van der Waals surface area contributed by atoms with Crippen molar-refractivity contribution in [1.29, 1.82) is 5.26 Å². The fourth-order valence-corrected chi connectivity index (χ4v) is 3.64. The van der Waals surface area contributed by atoms with E-state index in [-0.39, 0.29) is 24.4 Å². The van der Waals surface area contributed by atoms with Crippen LogP contribution in [-0.4, -0.2) is 29.8 Å². The van der Waals surface area contributed by atoms with E-state index in [2.05, 4.69) is 16.8 Å². The first-order valence-electron chi connectivity index (χ1n) is 7.79. The molecule has 1 N–H and O–H groups in total. The van der Waals surface area contributed by atoms with E-state index in [9.17, 15) is 9.59 Å². The zero-order valence-corrected chi connectivity index (χ0v) is 13.9. The normalized spacial score (nSPS) is 16.6. The molecule has 0 saturated carbocycles. The second kappa shape index (κ2) is 7.28. The first-order chi connectivity index (χ1) is 11.7. The maximum absolute atomic E-state index is 12.5. The maximum atomic E-state index is 12.5. The molecule has 5 nitrogen and oxygen atoms in total. The molecule has 1 fully saturated rings. The third-order valence-corrected chi connectivity index (χ3v) is 4.88. The molecule has 0 radical (unpaired) electrons. The second-order valence-electron chi connectivity index (χ2n) is 5.67. The number of nitrogens with zero attached hydrogens (tertiary/aromatic N) is 2. The summed E-state index contributed by atoms with van der Waals surface area (Å²) in [7, 11) is 0. The number of hydrogen-bond donors (Lipinski definition) is 1. The average Bonchev–Trinajstić information content (AvgIpc) is 3.30. The van der Waals surface area contributed by atoms with Gasteiger partial charge in [0.2, 0.25) is 5.91 Å². The van der Waals surface area contributed by atoms with Crippen molar-refractivity contribution in [3.8, 4) is 6.07 Å². The van der Waals surface area contributed by atoms with E-state index in [4.69, 9.17) is 5.26 Å². The Kier molecular flexibility index (Phi) is 4.92. The number of carbonyl (C=O) groups excluding carboxylic acids is 2. The molecule has 24 heavy (non-hydrogen) atoms. The SMILES string of the molecule is N#Cc1ccc(C(=O)NCC(=O)N2CCC[C@@H]2c2ccsc2)cc1. The fraction of sp³-hybridized carbons (Fsp3) is 0.278. The molecule has 6 heteroatoms. The monoisotopic (exact) mass is 339 g/mol. The highest BCUT2D eigenvalue weighted by atomic mass is 32.1. The van der Waals surface area contributed by atoms with Gasteiger partial charge in [-0.3, -0.25) is 9.59 Å². The van der Waals surface area contributed by atoms with E-state index >= 15 is 0 Å². The van der Waals surface area contributed by atoms with E-state index in [1.165, 1.54) is 5.56 Å². The highest BCUT2D eigenvalue weighted by molar-refractivity contribution is 7.08. The molecular weight excluding hydrogens is 322 g/mol. The van der Waals surface area contributed by atoms with Crippen LogP contribution in [0.25, 0.3) is 0 Å². The van der Waals surface area contributed by atoms with Crippen molar-refractivity contribution in [3.05, 3.63) is 57.8 Å². The van der Waals surface area contributed by atoms with Gasteiger partial charge >= 0.3 is 0 Å². The third kappa shape index (κ3) is 3.47. The van der Waals surface area contributed by atoms with Crippen LogP contribution in [0.1, 0.15) is 40.4 Å². The number of benzene rings is 1. The quantitative estimate of drug-likeness (QED) is 0.931. The van der Waals surface area contributed by atoms with Crippen LogP contribution < -0.4 is 5.32 Å². The fourth-order valence-electron chi connectivity index (χ4n) is 2.93. The van der Waals surface area contributed by atoms with E-state index in [1.807, 2.05) is 16.3 Å². The van der Waals surface area contributed by atoms with Gasteiger partial charge in [0.05, 0.1) is 24.2 Å². The molecule has 1 atom stereocenters. The summed E-state index contributed by atoms with van der Waals surface area (Å²) in [5.41, 5.74) is 2.11. The number of hydrogen-bond acceptors (Lipinski definition) is 4. The highest BCUT2D eigenvalue weighted by Gasteiger charge is 2.30. The average molecular weight is 339 g/mol. The van der Waals surface area contributed by atoms with E-state index < -0.39 is 0 Å². The smallest absolute Gasteiger partial charge is 0.251 e. The van der Waals surface area contributed by atoms with Gasteiger partial charge in [-0.05, 0) is 59.5 Å². The van der Waals surface area contributed by atoms with Crippen LogP contribution in [0.4, 0.5) is 0 Å². The van der Waals surface area contributed by atoms with E-state index in [1.54, 1.807) is 35.6 Å². The molecule has 1 aromatic carbocycles. The van der Waals surface area contributed by atoms with Crippen molar-refractivity contribution in [3.63, 3.8) is 0 Å². The minimum Gasteiger partial charge on any atom is -0.343 e. The van der Waals surface area contributed by atoms with Crippen LogP contribution in [0.15, 0.2) is 41.1 Å². The topological polar surface area (TPSA) is 73.2 Å². The second-order valence-corrected chi connectivity index (χ2v) is 6.45. The number of likely N-dealkylation sites (tertiary alicyclic amines) is 1. The summed E-state index contributed by atoms with van der Waals surface area (Å²) in [6.07, 6.45) is 1.95. The number of carbonyl (C=O) groups is 2. The molecule has 0 aliphatic carbocycles. The lowest BCUT2D eigenvalue weighted by Crippen LogP contribution is -2.39. The lowest BCUT2D eigenvalue weighted by atomic mass is 10.1. The molecule has 0 unspecified atom stereocenters. The largest absolute Gasteiger partial charge is 0.343 e. The Morgan fingerprint density at radius 3 is 2.75 bits per heavy atom. The predicted octanol–water partition coefficient (Wildman–Crippen LogP) is 2.71. The highest BCUT2D eigenvalue weighted by Crippen LogP contribution is 2.32. The summed E-state index contributed by atoms with van der Waals surface area (Å²) in [5, 5.41) is 15.5. The van der Waals surface area contributed by atoms with Crippen molar-refractivity contribution in [1.82, 2.24) is 10.2 Å². The van der Waals surface area contributed by atoms with E-state index in [0.717, 1.165) is 19.4 Å². The molecule has 0 bridgehead atoms. The summed E-state index contributed by atoms with van der Waals surface area (Å²) >= 11 is 1.63. The van der Waals surface area contributed by atoms with Gasteiger partial charge in [0.15, 0.2) is 0 Å². The van der Waals surface area contributed by atoms with Crippen LogP contribution in [0.2, 0.25) is 0 Å². The van der Waals surface area contributed by atoms with Crippen molar-refractivity contribution in [2.45, 2.75) is 18.9 Å². The van der Waals surface area contributed by atoms with Gasteiger partial charge in [0.1, 0.15) is 0 Å². The summed E-state index contributed by atoms with van der Waals surface area (Å²) < 4.78 is 0. The molecule has 3 rings (SSSR count). The van der Waals surface area contributed by atoms with Crippen molar-refractivity contribution in [2.75, 3.05) is 13.1 Å². The van der Waals surface area contributed by atoms with Crippen LogP contribution >= 0.6 is 11.3 Å². The Morgan fingerprint density at radius 1 is 1.29 bits per heavy atom. The molecule has 2 heterocycles. The summed E-state index contributed by atoms with van der Waals surface area (Å²) in [4.78, 5) is 26.4. The molecule has 2 aromatic rings. The minimum atomic E-state index is -0.306. The molecule has 1 aromatic heterocycles. The van der Waals surface area contributed by atoms with Gasteiger partial charge < -0.3 is 10.2 Å².